The Morgan fingerprint density at radius 2 is 1.88 bits per heavy atom. The monoisotopic (exact) mass is 475 g/mol. The molecule has 0 aliphatic rings. The number of carbonyl (C=O) groups is 1. The first-order valence-electron chi connectivity index (χ1n) is 9.93. The van der Waals surface area contributed by atoms with Gasteiger partial charge in [-0.05, 0) is 42.8 Å². The van der Waals surface area contributed by atoms with Gasteiger partial charge in [0.25, 0.3) is 5.69 Å². The molecular weight excluding hydrogens is 459 g/mol. The maximum absolute atomic E-state index is 13.0. The van der Waals surface area contributed by atoms with Gasteiger partial charge < -0.3 is 9.73 Å². The molecule has 1 N–H and O–H groups in total. The number of nitro benzene ring substituents is 1. The van der Waals surface area contributed by atoms with Gasteiger partial charge in [0.2, 0.25) is 5.91 Å². The fraction of sp³-hybridized carbons (Fsp3) is 0.190. The number of aryl methyl sites for hydroxylation is 1. The molecule has 0 saturated heterocycles. The van der Waals surface area contributed by atoms with Gasteiger partial charge in [0.15, 0.2) is 5.58 Å². The van der Waals surface area contributed by atoms with Crippen molar-refractivity contribution in [1.82, 2.24) is 14.3 Å². The summed E-state index contributed by atoms with van der Waals surface area (Å²) in [4.78, 5) is 34.5. The highest BCUT2D eigenvalue weighted by Gasteiger charge is 2.35. The lowest BCUT2D eigenvalue weighted by atomic mass is 10.2. The molecule has 0 atom stereocenters. The number of anilines is 1. The Morgan fingerprint density at radius 1 is 1.15 bits per heavy atom. The van der Waals surface area contributed by atoms with Crippen LogP contribution in [-0.2, 0) is 17.5 Å². The van der Waals surface area contributed by atoms with E-state index in [1.165, 1.54) is 41.0 Å². The van der Waals surface area contributed by atoms with Crippen molar-refractivity contribution in [2.45, 2.75) is 25.6 Å². The first-order valence-corrected chi connectivity index (χ1v) is 9.93. The number of fused-ring (bicyclic) bond motifs is 1. The second-order valence-corrected chi connectivity index (χ2v) is 7.25. The van der Waals surface area contributed by atoms with E-state index in [0.29, 0.717) is 11.2 Å². The predicted octanol–water partition coefficient (Wildman–Crippen LogP) is 4.13. The molecule has 34 heavy (non-hydrogen) atoms. The number of carbonyl (C=O) groups excluding carboxylic acids is 1. The number of hydrogen-bond donors (Lipinski definition) is 1. The summed E-state index contributed by atoms with van der Waals surface area (Å²) < 4.78 is 46.2. The van der Waals surface area contributed by atoms with Crippen LogP contribution in [0.25, 0.3) is 16.8 Å². The molecule has 4 rings (SSSR count). The van der Waals surface area contributed by atoms with Crippen LogP contribution in [0.5, 0.6) is 0 Å². The Bertz CT molecular complexity index is 1420. The Kier molecular flexibility index (Phi) is 5.92. The molecule has 0 fully saturated rings. The molecule has 2 aromatic heterocycles. The van der Waals surface area contributed by atoms with Crippen molar-refractivity contribution >= 4 is 28.4 Å². The summed E-state index contributed by atoms with van der Waals surface area (Å²) in [5.41, 5.74) is -0.102. The van der Waals surface area contributed by atoms with E-state index in [0.717, 1.165) is 23.0 Å². The van der Waals surface area contributed by atoms with Crippen molar-refractivity contribution in [3.8, 4) is 5.69 Å². The van der Waals surface area contributed by atoms with Crippen molar-refractivity contribution < 1.29 is 27.3 Å². The third kappa shape index (κ3) is 4.67. The van der Waals surface area contributed by atoms with Crippen LogP contribution in [0.4, 0.5) is 24.5 Å². The van der Waals surface area contributed by atoms with E-state index in [9.17, 15) is 32.9 Å². The van der Waals surface area contributed by atoms with E-state index in [-0.39, 0.29) is 42.3 Å². The molecule has 0 aliphatic carbocycles. The molecule has 0 saturated carbocycles. The summed E-state index contributed by atoms with van der Waals surface area (Å²) in [6, 6.07) is 10.4. The number of oxazole rings is 1. The molecule has 0 radical (unpaired) electrons. The fourth-order valence-corrected chi connectivity index (χ4v) is 3.41. The molecule has 0 aliphatic heterocycles. The number of hydrogen-bond acceptors (Lipinski definition) is 6. The molecule has 10 nitrogen and oxygen atoms in total. The van der Waals surface area contributed by atoms with E-state index >= 15 is 0 Å². The molecule has 1 amide bonds. The zero-order valence-corrected chi connectivity index (χ0v) is 17.3. The number of rotatable bonds is 7. The van der Waals surface area contributed by atoms with Crippen LogP contribution in [0.2, 0.25) is 0 Å². The SMILES string of the molecule is O=C(CCCn1c(=O)oc2cc([N+](=O)[O-])ccc21)Nc1ccc(-n2nccc2C(F)(F)F)cc1. The van der Waals surface area contributed by atoms with Gasteiger partial charge in [-0.15, -0.1) is 0 Å². The van der Waals surface area contributed by atoms with Gasteiger partial charge in [-0.3, -0.25) is 19.5 Å². The lowest BCUT2D eigenvalue weighted by Crippen LogP contribution is -2.17. The highest BCUT2D eigenvalue weighted by molar-refractivity contribution is 5.90. The lowest BCUT2D eigenvalue weighted by Gasteiger charge is -2.11. The number of aromatic nitrogens is 3. The largest absolute Gasteiger partial charge is 0.433 e. The lowest BCUT2D eigenvalue weighted by molar-refractivity contribution is -0.384. The molecule has 0 bridgehead atoms. The average molecular weight is 475 g/mol. The van der Waals surface area contributed by atoms with Crippen LogP contribution >= 0.6 is 0 Å². The third-order valence-corrected chi connectivity index (χ3v) is 4.98. The number of halogens is 3. The Hall–Kier alpha value is -4.42. The normalized spacial score (nSPS) is 11.6. The summed E-state index contributed by atoms with van der Waals surface area (Å²) in [5.74, 6) is -1.05. The van der Waals surface area contributed by atoms with E-state index < -0.39 is 22.5 Å². The van der Waals surface area contributed by atoms with Gasteiger partial charge >= 0.3 is 11.9 Å². The van der Waals surface area contributed by atoms with Gasteiger partial charge in [0, 0.05) is 24.7 Å². The summed E-state index contributed by atoms with van der Waals surface area (Å²) in [6.45, 7) is 0.148. The van der Waals surface area contributed by atoms with Crippen LogP contribution in [-0.4, -0.2) is 25.2 Å². The molecule has 4 aromatic rings. The number of nitrogens with one attached hydrogen (secondary N) is 1. The van der Waals surface area contributed by atoms with E-state index in [1.807, 2.05) is 0 Å². The molecular formula is C21H16F3N5O5. The van der Waals surface area contributed by atoms with Crippen molar-refractivity contribution in [2.75, 3.05) is 5.32 Å². The van der Waals surface area contributed by atoms with Gasteiger partial charge in [-0.2, -0.15) is 18.3 Å². The van der Waals surface area contributed by atoms with Crippen LogP contribution in [0, 0.1) is 10.1 Å². The van der Waals surface area contributed by atoms with Crippen LogP contribution in [0.1, 0.15) is 18.5 Å². The number of nitro groups is 1. The maximum Gasteiger partial charge on any atom is 0.433 e. The van der Waals surface area contributed by atoms with Crippen molar-refractivity contribution in [3.05, 3.63) is 81.1 Å². The Labute approximate surface area is 188 Å². The van der Waals surface area contributed by atoms with Crippen molar-refractivity contribution in [3.63, 3.8) is 0 Å². The van der Waals surface area contributed by atoms with Gasteiger partial charge in [0.05, 0.1) is 28.4 Å². The standard InChI is InChI=1S/C21H16F3N5O5/c22-21(23,24)18-9-10-25-28(18)14-5-3-13(4-6-14)26-19(30)2-1-11-27-16-8-7-15(29(32)33)12-17(16)34-20(27)31/h3-10,12H,1-2,11H2,(H,26,30). The Balaban J connectivity index is 1.36. The Morgan fingerprint density at radius 3 is 2.56 bits per heavy atom. The highest BCUT2D eigenvalue weighted by atomic mass is 19.4. The van der Waals surface area contributed by atoms with Crippen molar-refractivity contribution in [1.29, 1.82) is 0 Å². The number of benzene rings is 2. The molecule has 0 unspecified atom stereocenters. The second-order valence-electron chi connectivity index (χ2n) is 7.25. The van der Waals surface area contributed by atoms with E-state index in [2.05, 4.69) is 10.4 Å². The summed E-state index contributed by atoms with van der Waals surface area (Å²) >= 11 is 0. The van der Waals surface area contributed by atoms with Gasteiger partial charge in [-0.1, -0.05) is 0 Å². The number of amides is 1. The second kappa shape index (κ2) is 8.84. The zero-order chi connectivity index (χ0) is 24.5. The molecule has 176 valence electrons. The third-order valence-electron chi connectivity index (χ3n) is 4.98. The summed E-state index contributed by atoms with van der Waals surface area (Å²) in [6.07, 6.45) is -3.18. The number of nitrogens with zero attached hydrogens (tertiary/aromatic N) is 4. The minimum Gasteiger partial charge on any atom is -0.407 e. The zero-order valence-electron chi connectivity index (χ0n) is 17.3. The fourth-order valence-electron chi connectivity index (χ4n) is 3.41. The summed E-state index contributed by atoms with van der Waals surface area (Å²) in [7, 11) is 0. The highest BCUT2D eigenvalue weighted by Crippen LogP contribution is 2.30. The topological polar surface area (TPSA) is 125 Å². The smallest absolute Gasteiger partial charge is 0.407 e. The quantitative estimate of drug-likeness (QED) is 0.317. The van der Waals surface area contributed by atoms with Crippen LogP contribution < -0.4 is 11.1 Å². The van der Waals surface area contributed by atoms with Crippen LogP contribution in [0.15, 0.2) is 63.9 Å². The molecule has 0 spiro atoms. The van der Waals surface area contributed by atoms with E-state index in [1.54, 1.807) is 0 Å². The summed E-state index contributed by atoms with van der Waals surface area (Å²) in [5, 5.41) is 17.2. The number of alkyl halides is 3. The molecule has 2 aromatic carbocycles. The number of non-ortho nitro benzene ring substituents is 1. The van der Waals surface area contributed by atoms with E-state index in [4.69, 9.17) is 4.42 Å². The average Bonchev–Trinajstić information content (AvgIpc) is 3.39. The minimum atomic E-state index is -4.56. The molecule has 2 heterocycles. The molecule has 13 heteroatoms. The predicted molar refractivity (Wildman–Crippen MR) is 114 cm³/mol. The van der Waals surface area contributed by atoms with Crippen LogP contribution in [0.3, 0.4) is 0 Å². The first-order chi connectivity index (χ1) is 16.1. The maximum atomic E-state index is 13.0. The minimum absolute atomic E-state index is 0.0468. The van der Waals surface area contributed by atoms with Crippen molar-refractivity contribution in [2.24, 2.45) is 0 Å². The first kappa shape index (κ1) is 22.8. The van der Waals surface area contributed by atoms with Gasteiger partial charge in [0.1, 0.15) is 5.69 Å². The van der Waals surface area contributed by atoms with Gasteiger partial charge in [-0.25, -0.2) is 9.48 Å².